The molecule has 12 heavy (non-hydrogen) atoms. The van der Waals surface area contributed by atoms with Crippen LogP contribution in [-0.4, -0.2) is 17.1 Å². The molecule has 0 spiro atoms. The highest BCUT2D eigenvalue weighted by Crippen LogP contribution is 2.20. The molecule has 0 rings (SSSR count). The van der Waals surface area contributed by atoms with Crippen LogP contribution < -0.4 is 5.73 Å². The van der Waals surface area contributed by atoms with Crippen molar-refractivity contribution in [3.63, 3.8) is 0 Å². The van der Waals surface area contributed by atoms with Crippen LogP contribution in [0.5, 0.6) is 0 Å². The van der Waals surface area contributed by atoms with Crippen molar-refractivity contribution in [3.8, 4) is 0 Å². The van der Waals surface area contributed by atoms with Gasteiger partial charge in [-0.15, -0.1) is 0 Å². The molecule has 0 heterocycles. The summed E-state index contributed by atoms with van der Waals surface area (Å²) in [5, 5.41) is 9.82. The Morgan fingerprint density at radius 1 is 1.42 bits per heavy atom. The third-order valence-electron chi connectivity index (χ3n) is 1.97. The fourth-order valence-corrected chi connectivity index (χ4v) is 1.07. The van der Waals surface area contributed by atoms with Crippen molar-refractivity contribution in [2.45, 2.75) is 58.5 Å². The van der Waals surface area contributed by atoms with Gasteiger partial charge in [0.05, 0.1) is 0 Å². The first-order chi connectivity index (χ1) is 5.58. The van der Waals surface area contributed by atoms with Crippen LogP contribution in [0.4, 0.5) is 0 Å². The summed E-state index contributed by atoms with van der Waals surface area (Å²) < 4.78 is 5.31. The van der Waals surface area contributed by atoms with Gasteiger partial charge in [0.2, 0.25) is 0 Å². The fraction of sp³-hybridized carbons (Fsp3) is 1.00. The van der Waals surface area contributed by atoms with Crippen LogP contribution in [0.2, 0.25) is 0 Å². The summed E-state index contributed by atoms with van der Waals surface area (Å²) in [5.41, 5.74) is 5.58. The molecule has 3 nitrogen and oxygen atoms in total. The number of hydrogen-bond donors (Lipinski definition) is 2. The molecule has 0 aliphatic rings. The van der Waals surface area contributed by atoms with E-state index in [-0.39, 0.29) is 6.23 Å². The van der Waals surface area contributed by atoms with Crippen molar-refractivity contribution in [1.29, 1.82) is 0 Å². The normalized spacial score (nSPS) is 18.8. The number of aliphatic hydroxyl groups is 1. The average molecular weight is 175 g/mol. The largest absolute Gasteiger partial charge is 0.365 e. The first-order valence-electron chi connectivity index (χ1n) is 4.73. The van der Waals surface area contributed by atoms with Crippen molar-refractivity contribution < 1.29 is 9.84 Å². The Balaban J connectivity index is 3.94. The standard InChI is InChI=1S/C9H21NO2/c1-4-7-9(11,6-3)12-8(10)5-2/h8,11H,4-7,10H2,1-3H3. The van der Waals surface area contributed by atoms with Crippen molar-refractivity contribution in [2.24, 2.45) is 5.73 Å². The molecule has 0 bridgehead atoms. The summed E-state index contributed by atoms with van der Waals surface area (Å²) in [4.78, 5) is 0. The smallest absolute Gasteiger partial charge is 0.167 e. The molecule has 2 unspecified atom stereocenters. The Kier molecular flexibility index (Phi) is 5.46. The van der Waals surface area contributed by atoms with Crippen LogP contribution in [0.25, 0.3) is 0 Å². The molecule has 0 aromatic rings. The van der Waals surface area contributed by atoms with Gasteiger partial charge in [0, 0.05) is 6.42 Å². The zero-order chi connectivity index (χ0) is 9.61. The molecular weight excluding hydrogens is 154 g/mol. The first-order valence-corrected chi connectivity index (χ1v) is 4.73. The highest BCUT2D eigenvalue weighted by molar-refractivity contribution is 4.65. The van der Waals surface area contributed by atoms with Gasteiger partial charge >= 0.3 is 0 Å². The average Bonchev–Trinajstić information content (AvgIpc) is 2.05. The predicted octanol–water partition coefficient (Wildman–Crippen LogP) is 1.60. The van der Waals surface area contributed by atoms with Gasteiger partial charge < -0.3 is 15.6 Å². The number of ether oxygens (including phenoxy) is 1. The van der Waals surface area contributed by atoms with Crippen LogP contribution in [0, 0.1) is 0 Å². The van der Waals surface area contributed by atoms with E-state index in [1.807, 2.05) is 20.8 Å². The van der Waals surface area contributed by atoms with Gasteiger partial charge in [-0.3, -0.25) is 0 Å². The van der Waals surface area contributed by atoms with Crippen molar-refractivity contribution >= 4 is 0 Å². The SMILES string of the molecule is CCCC(O)(CC)OC(N)CC. The molecule has 74 valence electrons. The lowest BCUT2D eigenvalue weighted by Crippen LogP contribution is -2.39. The van der Waals surface area contributed by atoms with Crippen LogP contribution in [0.1, 0.15) is 46.5 Å². The molecule has 0 aromatic carbocycles. The van der Waals surface area contributed by atoms with E-state index in [2.05, 4.69) is 0 Å². The van der Waals surface area contributed by atoms with E-state index in [1.165, 1.54) is 0 Å². The van der Waals surface area contributed by atoms with Gasteiger partial charge in [-0.05, 0) is 12.8 Å². The van der Waals surface area contributed by atoms with Gasteiger partial charge in [0.25, 0.3) is 0 Å². The van der Waals surface area contributed by atoms with Crippen molar-refractivity contribution in [3.05, 3.63) is 0 Å². The Bertz CT molecular complexity index is 119. The molecule has 3 N–H and O–H groups in total. The molecule has 0 aliphatic carbocycles. The predicted molar refractivity (Wildman–Crippen MR) is 49.5 cm³/mol. The molecule has 0 amide bonds. The lowest BCUT2D eigenvalue weighted by molar-refractivity contribution is -0.234. The summed E-state index contributed by atoms with van der Waals surface area (Å²) in [5.74, 6) is -1.01. The van der Waals surface area contributed by atoms with E-state index < -0.39 is 5.79 Å². The molecule has 0 saturated heterocycles. The minimum atomic E-state index is -1.01. The van der Waals surface area contributed by atoms with Crippen molar-refractivity contribution in [1.82, 2.24) is 0 Å². The van der Waals surface area contributed by atoms with Crippen LogP contribution in [0.3, 0.4) is 0 Å². The molecule has 0 fully saturated rings. The quantitative estimate of drug-likeness (QED) is 0.603. The van der Waals surface area contributed by atoms with E-state index in [4.69, 9.17) is 10.5 Å². The van der Waals surface area contributed by atoms with Crippen LogP contribution in [0.15, 0.2) is 0 Å². The third kappa shape index (κ3) is 4.04. The van der Waals surface area contributed by atoms with Gasteiger partial charge in [0.1, 0.15) is 6.23 Å². The lowest BCUT2D eigenvalue weighted by Gasteiger charge is -2.29. The summed E-state index contributed by atoms with van der Waals surface area (Å²) >= 11 is 0. The second kappa shape index (κ2) is 5.51. The Morgan fingerprint density at radius 2 is 2.00 bits per heavy atom. The first kappa shape index (κ1) is 11.9. The number of rotatable bonds is 6. The number of hydrogen-bond acceptors (Lipinski definition) is 3. The maximum Gasteiger partial charge on any atom is 0.167 e. The summed E-state index contributed by atoms with van der Waals surface area (Å²) in [6.07, 6.45) is 2.53. The van der Waals surface area contributed by atoms with Crippen LogP contribution in [-0.2, 0) is 4.74 Å². The van der Waals surface area contributed by atoms with Gasteiger partial charge in [-0.1, -0.05) is 27.2 Å². The second-order valence-corrected chi connectivity index (χ2v) is 3.11. The molecule has 0 aromatic heterocycles. The Morgan fingerprint density at radius 3 is 2.33 bits per heavy atom. The maximum absolute atomic E-state index is 9.82. The van der Waals surface area contributed by atoms with E-state index >= 15 is 0 Å². The minimum Gasteiger partial charge on any atom is -0.365 e. The summed E-state index contributed by atoms with van der Waals surface area (Å²) in [6, 6.07) is 0. The maximum atomic E-state index is 9.82. The molecule has 0 radical (unpaired) electrons. The molecular formula is C9H21NO2. The summed E-state index contributed by atoms with van der Waals surface area (Å²) in [6.45, 7) is 5.85. The zero-order valence-electron chi connectivity index (χ0n) is 8.34. The monoisotopic (exact) mass is 175 g/mol. The molecule has 2 atom stereocenters. The van der Waals surface area contributed by atoms with E-state index in [9.17, 15) is 5.11 Å². The lowest BCUT2D eigenvalue weighted by atomic mass is 10.1. The Labute approximate surface area is 74.9 Å². The molecule has 0 aliphatic heterocycles. The zero-order valence-corrected chi connectivity index (χ0v) is 8.34. The van der Waals surface area contributed by atoms with E-state index in [1.54, 1.807) is 0 Å². The third-order valence-corrected chi connectivity index (χ3v) is 1.97. The van der Waals surface area contributed by atoms with Crippen molar-refractivity contribution in [2.75, 3.05) is 0 Å². The highest BCUT2D eigenvalue weighted by Gasteiger charge is 2.26. The topological polar surface area (TPSA) is 55.5 Å². The van der Waals surface area contributed by atoms with E-state index in [0.717, 1.165) is 12.8 Å². The Hall–Kier alpha value is -0.120. The minimum absolute atomic E-state index is 0.346. The fourth-order valence-electron chi connectivity index (χ4n) is 1.07. The highest BCUT2D eigenvalue weighted by atomic mass is 16.6. The van der Waals surface area contributed by atoms with Gasteiger partial charge in [-0.2, -0.15) is 0 Å². The number of nitrogens with two attached hydrogens (primary N) is 1. The molecule has 3 heteroatoms. The van der Waals surface area contributed by atoms with E-state index in [0.29, 0.717) is 12.8 Å². The summed E-state index contributed by atoms with van der Waals surface area (Å²) in [7, 11) is 0. The van der Waals surface area contributed by atoms with Gasteiger partial charge in [0.15, 0.2) is 5.79 Å². The van der Waals surface area contributed by atoms with Gasteiger partial charge in [-0.25, -0.2) is 0 Å². The van der Waals surface area contributed by atoms with Crippen LogP contribution >= 0.6 is 0 Å². The second-order valence-electron chi connectivity index (χ2n) is 3.11. The molecule has 0 saturated carbocycles.